The summed E-state index contributed by atoms with van der Waals surface area (Å²) in [5, 5.41) is 0. The Morgan fingerprint density at radius 2 is 2.25 bits per heavy atom. The fourth-order valence-electron chi connectivity index (χ4n) is 0. The molecule has 0 nitrogen and oxygen atoms in total. The minimum absolute atomic E-state index is 0.850. The lowest BCUT2D eigenvalue weighted by molar-refractivity contribution is 4.87. The molecule has 0 aromatic carbocycles. The minimum atomic E-state index is 0.850. The van der Waals surface area contributed by atoms with E-state index in [0.29, 0.717) is 0 Å². The van der Waals surface area contributed by atoms with Gasteiger partial charge in [-0.1, -0.05) is 28.1 Å². The second-order valence-corrected chi connectivity index (χ2v) is 3.36. The average molecular weight is 203 g/mol. The zero-order valence-electron chi connectivity index (χ0n) is 1.90. The van der Waals surface area contributed by atoms with E-state index < -0.39 is 0 Å². The SMILES string of the molecule is S[B]PI. The van der Waals surface area contributed by atoms with Gasteiger partial charge in [0, 0.05) is 0 Å². The molecule has 0 spiro atoms. The van der Waals surface area contributed by atoms with Crippen molar-refractivity contribution in [1.29, 1.82) is 0 Å². The molecule has 0 aliphatic rings. The van der Waals surface area contributed by atoms with Crippen LogP contribution in [0.15, 0.2) is 0 Å². The van der Waals surface area contributed by atoms with Crippen molar-refractivity contribution in [2.45, 2.75) is 0 Å². The van der Waals surface area contributed by atoms with Gasteiger partial charge in [0.25, 0.3) is 0 Å². The van der Waals surface area contributed by atoms with Gasteiger partial charge in [0.05, 0.1) is 0 Å². The summed E-state index contributed by atoms with van der Waals surface area (Å²) in [5.41, 5.74) is 0. The first-order valence-electron chi connectivity index (χ1n) is 0.736. The van der Waals surface area contributed by atoms with Gasteiger partial charge in [0.2, 0.25) is 6.28 Å². The number of hydrogen-bond donors (Lipinski definition) is 1. The van der Waals surface area contributed by atoms with Crippen LogP contribution in [0.25, 0.3) is 0 Å². The van der Waals surface area contributed by atoms with Gasteiger partial charge in [-0.25, -0.2) is 12.5 Å². The summed E-state index contributed by atoms with van der Waals surface area (Å²) >= 11 is 6.05. The number of rotatable bonds is 1. The summed E-state index contributed by atoms with van der Waals surface area (Å²) in [6, 6.07) is 0. The Morgan fingerprint density at radius 1 is 2.00 bits per heavy atom. The van der Waals surface area contributed by atoms with Crippen LogP contribution in [0.1, 0.15) is 0 Å². The van der Waals surface area contributed by atoms with Gasteiger partial charge in [0.15, 0.2) is 0 Å². The van der Waals surface area contributed by atoms with Crippen molar-refractivity contribution >= 4 is 46.9 Å². The van der Waals surface area contributed by atoms with Crippen molar-refractivity contribution in [1.82, 2.24) is 0 Å². The van der Waals surface area contributed by atoms with Gasteiger partial charge in [-0.05, 0) is 0 Å². The van der Waals surface area contributed by atoms with E-state index in [0.717, 1.165) is 6.10 Å². The molecule has 1 unspecified atom stereocenters. The molecule has 0 aliphatic carbocycles. The first-order valence-corrected chi connectivity index (χ1v) is 5.44. The molecule has 0 rings (SSSR count). The summed E-state index contributed by atoms with van der Waals surface area (Å²) in [6.45, 7) is 0. The van der Waals surface area contributed by atoms with E-state index in [2.05, 4.69) is 34.5 Å². The second-order valence-electron chi connectivity index (χ2n) is 0.238. The van der Waals surface area contributed by atoms with Crippen LogP contribution in [0.2, 0.25) is 0 Å². The molecule has 4 heteroatoms. The molecule has 0 saturated carbocycles. The topological polar surface area (TPSA) is 0 Å². The molecular weight excluding hydrogens is 201 g/mol. The molecule has 0 amide bonds. The monoisotopic (exact) mass is 203 g/mol. The smallest absolute Gasteiger partial charge is 0.227 e. The molecular formula is H2BIPS. The van der Waals surface area contributed by atoms with Crippen molar-refractivity contribution < 1.29 is 0 Å². The third-order valence-corrected chi connectivity index (χ3v) is 2.95. The van der Waals surface area contributed by atoms with Crippen LogP contribution in [-0.4, -0.2) is 6.28 Å². The molecule has 0 aliphatic heterocycles. The van der Waals surface area contributed by atoms with Crippen LogP contribution in [0.5, 0.6) is 0 Å². The van der Waals surface area contributed by atoms with Gasteiger partial charge in [0.1, 0.15) is 0 Å². The predicted molar refractivity (Wildman–Crippen MR) is 37.1 cm³/mol. The van der Waals surface area contributed by atoms with Crippen LogP contribution in [0.3, 0.4) is 0 Å². The van der Waals surface area contributed by atoms with Crippen LogP contribution < -0.4 is 0 Å². The standard InChI is InChI=1S/BH2IPS/c2-3-1-4/h3-4H. The van der Waals surface area contributed by atoms with E-state index in [1.807, 2.05) is 6.28 Å². The lowest BCUT2D eigenvalue weighted by Crippen LogP contribution is -1.41. The lowest BCUT2D eigenvalue weighted by Gasteiger charge is -1.62. The minimum Gasteiger partial charge on any atom is -0.227 e. The van der Waals surface area contributed by atoms with E-state index in [4.69, 9.17) is 0 Å². The zero-order chi connectivity index (χ0) is 3.41. The van der Waals surface area contributed by atoms with Crippen LogP contribution in [0.4, 0.5) is 0 Å². The Balaban J connectivity index is 1.97. The highest BCUT2D eigenvalue weighted by atomic mass is 127. The lowest BCUT2D eigenvalue weighted by atomic mass is 10.7. The maximum Gasteiger partial charge on any atom is 0.229 e. The second kappa shape index (κ2) is 4.57. The fraction of sp³-hybridized carbons (Fsp3) is 0. The highest BCUT2D eigenvalue weighted by Gasteiger charge is 1.64. The molecule has 1 atom stereocenters. The highest BCUT2D eigenvalue weighted by molar-refractivity contribution is 14.2. The third kappa shape index (κ3) is 3.57. The largest absolute Gasteiger partial charge is 0.229 e. The van der Waals surface area contributed by atoms with Crippen LogP contribution in [0, 0.1) is 0 Å². The van der Waals surface area contributed by atoms with Gasteiger partial charge in [-0.3, -0.25) is 0 Å². The molecule has 23 valence electrons. The van der Waals surface area contributed by atoms with E-state index in [-0.39, 0.29) is 0 Å². The molecule has 0 fully saturated rings. The molecule has 0 N–H and O–H groups in total. The quantitative estimate of drug-likeness (QED) is 0.283. The average Bonchev–Trinajstić information content (AvgIpc) is 1.37. The summed E-state index contributed by atoms with van der Waals surface area (Å²) in [7, 11) is 0. The Kier molecular flexibility index (Phi) is 6.38. The number of hydrogen-bond acceptors (Lipinski definition) is 1. The molecule has 1 radical (unpaired) electrons. The van der Waals surface area contributed by atoms with Crippen LogP contribution in [-0.2, 0) is 0 Å². The first-order chi connectivity index (χ1) is 1.91. The maximum absolute atomic E-state index is 3.80. The Labute approximate surface area is 46.9 Å². The molecule has 0 heterocycles. The molecule has 0 bridgehead atoms. The third-order valence-electron chi connectivity index (χ3n) is 0.0488. The Hall–Kier alpha value is 1.57. The van der Waals surface area contributed by atoms with Crippen LogP contribution >= 0.6 is 40.6 Å². The van der Waals surface area contributed by atoms with Crippen molar-refractivity contribution in [3.05, 3.63) is 0 Å². The molecule has 0 aromatic heterocycles. The Bertz CT molecular complexity index is 10.0. The van der Waals surface area contributed by atoms with E-state index in [1.54, 1.807) is 0 Å². The van der Waals surface area contributed by atoms with E-state index in [9.17, 15) is 0 Å². The summed E-state index contributed by atoms with van der Waals surface area (Å²) in [4.78, 5) is 0. The fourth-order valence-corrected chi connectivity index (χ4v) is 0. The van der Waals surface area contributed by atoms with Gasteiger partial charge >= 0.3 is 0 Å². The van der Waals surface area contributed by atoms with Gasteiger partial charge in [-0.2, -0.15) is 0 Å². The highest BCUT2D eigenvalue weighted by Crippen LogP contribution is 2.17. The van der Waals surface area contributed by atoms with Crippen molar-refractivity contribution in [2.24, 2.45) is 0 Å². The Morgan fingerprint density at radius 3 is 2.25 bits per heavy atom. The maximum atomic E-state index is 3.80. The predicted octanol–water partition coefficient (Wildman–Crippen LogP) is 1.48. The number of thiol groups is 1. The molecule has 0 aromatic rings. The number of halogens is 1. The molecule has 0 saturated heterocycles. The van der Waals surface area contributed by atoms with E-state index >= 15 is 0 Å². The first kappa shape index (κ1) is 5.57. The van der Waals surface area contributed by atoms with Gasteiger partial charge < -0.3 is 0 Å². The summed E-state index contributed by atoms with van der Waals surface area (Å²) in [5.74, 6) is 0. The zero-order valence-corrected chi connectivity index (χ0v) is 5.95. The normalized spacial score (nSPS) is 9.50. The summed E-state index contributed by atoms with van der Waals surface area (Å²) < 4.78 is 0. The van der Waals surface area contributed by atoms with Crippen molar-refractivity contribution in [3.63, 3.8) is 0 Å². The molecule has 4 heavy (non-hydrogen) atoms. The van der Waals surface area contributed by atoms with E-state index in [1.165, 1.54) is 0 Å². The van der Waals surface area contributed by atoms with Crippen molar-refractivity contribution in [2.75, 3.05) is 0 Å². The summed E-state index contributed by atoms with van der Waals surface area (Å²) in [6.07, 6.45) is 2.68. The van der Waals surface area contributed by atoms with Crippen molar-refractivity contribution in [3.8, 4) is 0 Å². The van der Waals surface area contributed by atoms with Gasteiger partial charge in [-0.15, -0.1) is 0 Å².